The minimum atomic E-state index is 0.848. The first-order valence-electron chi connectivity index (χ1n) is 8.15. The fraction of sp³-hybridized carbons (Fsp3) is 1.00. The second-order valence-corrected chi connectivity index (χ2v) is 6.76. The molecule has 1 heterocycles. The first-order chi connectivity index (χ1) is 8.70. The summed E-state index contributed by atoms with van der Waals surface area (Å²) >= 11 is 0. The molecular formula is C16H32N2. The van der Waals surface area contributed by atoms with Crippen molar-refractivity contribution in [2.24, 2.45) is 17.8 Å². The normalized spacial score (nSPS) is 38.0. The smallest absolute Gasteiger partial charge is 0.0123 e. The van der Waals surface area contributed by atoms with Crippen molar-refractivity contribution in [3.63, 3.8) is 0 Å². The zero-order chi connectivity index (χ0) is 13.0. The quantitative estimate of drug-likeness (QED) is 0.827. The summed E-state index contributed by atoms with van der Waals surface area (Å²) in [6.45, 7) is 12.3. The molecule has 2 nitrogen and oxygen atoms in total. The molecule has 106 valence electrons. The molecule has 0 spiro atoms. The zero-order valence-corrected chi connectivity index (χ0v) is 12.6. The van der Waals surface area contributed by atoms with E-state index in [0.717, 1.165) is 23.8 Å². The number of nitrogens with one attached hydrogen (secondary N) is 1. The highest BCUT2D eigenvalue weighted by Gasteiger charge is 2.30. The number of nitrogens with zero attached hydrogens (tertiary/aromatic N) is 1. The van der Waals surface area contributed by atoms with Crippen LogP contribution in [-0.4, -0.2) is 37.1 Å². The van der Waals surface area contributed by atoms with Gasteiger partial charge in [-0.05, 0) is 63.1 Å². The third-order valence-corrected chi connectivity index (χ3v) is 5.18. The summed E-state index contributed by atoms with van der Waals surface area (Å²) in [5, 5.41) is 3.56. The van der Waals surface area contributed by atoms with Crippen LogP contribution in [0.15, 0.2) is 0 Å². The van der Waals surface area contributed by atoms with Crippen molar-refractivity contribution in [1.29, 1.82) is 0 Å². The van der Waals surface area contributed by atoms with E-state index in [0.29, 0.717) is 0 Å². The van der Waals surface area contributed by atoms with Gasteiger partial charge in [-0.3, -0.25) is 0 Å². The van der Waals surface area contributed by atoms with E-state index in [1.807, 2.05) is 0 Å². The maximum absolute atomic E-state index is 3.56. The lowest BCUT2D eigenvalue weighted by Gasteiger charge is -2.42. The van der Waals surface area contributed by atoms with Crippen molar-refractivity contribution >= 4 is 0 Å². The molecule has 0 aromatic heterocycles. The van der Waals surface area contributed by atoms with Crippen LogP contribution in [0.4, 0.5) is 0 Å². The van der Waals surface area contributed by atoms with Gasteiger partial charge in [-0.2, -0.15) is 0 Å². The second kappa shape index (κ2) is 6.91. The molecule has 18 heavy (non-hydrogen) atoms. The van der Waals surface area contributed by atoms with Gasteiger partial charge in [0.1, 0.15) is 0 Å². The van der Waals surface area contributed by atoms with E-state index in [1.165, 1.54) is 58.3 Å². The summed E-state index contributed by atoms with van der Waals surface area (Å²) in [6, 6.07) is 0.848. The first-order valence-corrected chi connectivity index (χ1v) is 8.15. The maximum atomic E-state index is 3.56. The van der Waals surface area contributed by atoms with E-state index in [9.17, 15) is 0 Å². The van der Waals surface area contributed by atoms with E-state index in [1.54, 1.807) is 0 Å². The Morgan fingerprint density at radius 3 is 2.67 bits per heavy atom. The van der Waals surface area contributed by atoms with Gasteiger partial charge in [0.05, 0.1) is 0 Å². The molecule has 4 unspecified atom stereocenters. The second-order valence-electron chi connectivity index (χ2n) is 6.76. The lowest BCUT2D eigenvalue weighted by Crippen LogP contribution is -2.47. The largest absolute Gasteiger partial charge is 0.316 e. The predicted molar refractivity (Wildman–Crippen MR) is 78.8 cm³/mol. The average Bonchev–Trinajstić information content (AvgIpc) is 2.40. The van der Waals surface area contributed by atoms with Crippen LogP contribution < -0.4 is 5.32 Å². The van der Waals surface area contributed by atoms with Crippen molar-refractivity contribution in [2.75, 3.05) is 26.2 Å². The molecular weight excluding hydrogens is 220 g/mol. The summed E-state index contributed by atoms with van der Waals surface area (Å²) in [5.41, 5.74) is 0. The third-order valence-electron chi connectivity index (χ3n) is 5.18. The van der Waals surface area contributed by atoms with Crippen molar-refractivity contribution < 1.29 is 0 Å². The Balaban J connectivity index is 1.89. The molecule has 1 aliphatic heterocycles. The highest BCUT2D eigenvalue weighted by molar-refractivity contribution is 4.85. The Morgan fingerprint density at radius 2 is 2.00 bits per heavy atom. The van der Waals surface area contributed by atoms with Crippen LogP contribution >= 0.6 is 0 Å². The Labute approximate surface area is 114 Å². The summed E-state index contributed by atoms with van der Waals surface area (Å²) in [7, 11) is 0. The molecule has 1 saturated carbocycles. The van der Waals surface area contributed by atoms with Crippen molar-refractivity contribution in [3.05, 3.63) is 0 Å². The van der Waals surface area contributed by atoms with E-state index < -0.39 is 0 Å². The van der Waals surface area contributed by atoms with Crippen LogP contribution in [0.5, 0.6) is 0 Å². The van der Waals surface area contributed by atoms with E-state index >= 15 is 0 Å². The topological polar surface area (TPSA) is 15.3 Å². The van der Waals surface area contributed by atoms with Gasteiger partial charge in [0.25, 0.3) is 0 Å². The lowest BCUT2D eigenvalue weighted by atomic mass is 9.79. The van der Waals surface area contributed by atoms with Crippen molar-refractivity contribution in [2.45, 2.75) is 58.9 Å². The minimum absolute atomic E-state index is 0.848. The summed E-state index contributed by atoms with van der Waals surface area (Å²) in [5.74, 6) is 2.73. The van der Waals surface area contributed by atoms with E-state index in [2.05, 4.69) is 31.0 Å². The Kier molecular flexibility index (Phi) is 5.50. The van der Waals surface area contributed by atoms with Gasteiger partial charge in [-0.15, -0.1) is 0 Å². The molecule has 2 heteroatoms. The fourth-order valence-corrected chi connectivity index (χ4v) is 3.92. The first kappa shape index (κ1) is 14.3. The fourth-order valence-electron chi connectivity index (χ4n) is 3.92. The minimum Gasteiger partial charge on any atom is -0.316 e. The molecule has 2 rings (SSSR count). The molecule has 1 N–H and O–H groups in total. The molecule has 0 aromatic carbocycles. The number of hydrogen-bond acceptors (Lipinski definition) is 2. The van der Waals surface area contributed by atoms with Crippen LogP contribution in [0.2, 0.25) is 0 Å². The van der Waals surface area contributed by atoms with Crippen LogP contribution in [0.3, 0.4) is 0 Å². The Bertz CT molecular complexity index is 235. The van der Waals surface area contributed by atoms with Gasteiger partial charge in [-0.1, -0.05) is 27.2 Å². The SMILES string of the molecule is CCN(CC1CCCNC1)C1CC(C)CCC1C. The molecule has 4 atom stereocenters. The van der Waals surface area contributed by atoms with Gasteiger partial charge < -0.3 is 10.2 Å². The molecule has 0 bridgehead atoms. The van der Waals surface area contributed by atoms with Gasteiger partial charge in [0, 0.05) is 12.6 Å². The Morgan fingerprint density at radius 1 is 1.17 bits per heavy atom. The molecule has 1 aliphatic carbocycles. The van der Waals surface area contributed by atoms with Crippen LogP contribution in [-0.2, 0) is 0 Å². The number of hydrogen-bond donors (Lipinski definition) is 1. The highest BCUT2D eigenvalue weighted by Crippen LogP contribution is 2.32. The van der Waals surface area contributed by atoms with Gasteiger partial charge in [0.2, 0.25) is 0 Å². The molecule has 0 radical (unpaired) electrons. The summed E-state index contributed by atoms with van der Waals surface area (Å²) in [6.07, 6.45) is 7.11. The lowest BCUT2D eigenvalue weighted by molar-refractivity contribution is 0.0762. The standard InChI is InChI=1S/C16H32N2/c1-4-18(12-15-6-5-9-17-11-15)16-10-13(2)7-8-14(16)3/h13-17H,4-12H2,1-3H3. The van der Waals surface area contributed by atoms with Gasteiger partial charge >= 0.3 is 0 Å². The Hall–Kier alpha value is -0.0800. The van der Waals surface area contributed by atoms with Gasteiger partial charge in [0.15, 0.2) is 0 Å². The van der Waals surface area contributed by atoms with Crippen LogP contribution in [0.1, 0.15) is 52.9 Å². The van der Waals surface area contributed by atoms with Crippen LogP contribution in [0.25, 0.3) is 0 Å². The van der Waals surface area contributed by atoms with E-state index in [4.69, 9.17) is 0 Å². The van der Waals surface area contributed by atoms with Crippen molar-refractivity contribution in [1.82, 2.24) is 10.2 Å². The highest BCUT2D eigenvalue weighted by atomic mass is 15.2. The molecule has 0 amide bonds. The third kappa shape index (κ3) is 3.71. The molecule has 2 fully saturated rings. The molecule has 1 saturated heterocycles. The summed E-state index contributed by atoms with van der Waals surface area (Å²) in [4.78, 5) is 2.79. The predicted octanol–water partition coefficient (Wildman–Crippen LogP) is 3.13. The number of rotatable bonds is 4. The monoisotopic (exact) mass is 252 g/mol. The van der Waals surface area contributed by atoms with E-state index in [-0.39, 0.29) is 0 Å². The maximum Gasteiger partial charge on any atom is 0.0123 e. The molecule has 2 aliphatic rings. The van der Waals surface area contributed by atoms with Crippen molar-refractivity contribution in [3.8, 4) is 0 Å². The number of piperidine rings is 1. The average molecular weight is 252 g/mol. The summed E-state index contributed by atoms with van der Waals surface area (Å²) < 4.78 is 0. The zero-order valence-electron chi connectivity index (χ0n) is 12.6. The van der Waals surface area contributed by atoms with Gasteiger partial charge in [-0.25, -0.2) is 0 Å². The molecule has 0 aromatic rings. The van der Waals surface area contributed by atoms with Crippen LogP contribution in [0, 0.1) is 17.8 Å².